The summed E-state index contributed by atoms with van der Waals surface area (Å²) in [5.41, 5.74) is 7.51. The maximum absolute atomic E-state index is 6.33. The van der Waals surface area contributed by atoms with Gasteiger partial charge in [-0.2, -0.15) is 0 Å². The zero-order chi connectivity index (χ0) is 12.5. The van der Waals surface area contributed by atoms with Gasteiger partial charge in [0, 0.05) is 18.6 Å². The van der Waals surface area contributed by atoms with E-state index in [1.165, 1.54) is 18.4 Å². The van der Waals surface area contributed by atoms with Gasteiger partial charge in [0.1, 0.15) is 5.75 Å². The Morgan fingerprint density at radius 1 is 1.22 bits per heavy atom. The average Bonchev–Trinajstić information content (AvgIpc) is 3.09. The first-order chi connectivity index (χ1) is 8.74. The normalized spacial score (nSPS) is 29.2. The van der Waals surface area contributed by atoms with Crippen LogP contribution in [0, 0.1) is 5.92 Å². The molecule has 0 spiro atoms. The SMILES string of the molecule is CC1OCCC1C(N)c1ccc(OC2CC2)cc1. The fourth-order valence-corrected chi connectivity index (χ4v) is 2.61. The molecule has 2 N–H and O–H groups in total. The lowest BCUT2D eigenvalue weighted by atomic mass is 9.89. The Morgan fingerprint density at radius 3 is 2.50 bits per heavy atom. The first kappa shape index (κ1) is 12.0. The summed E-state index contributed by atoms with van der Waals surface area (Å²) in [6.45, 7) is 2.95. The molecule has 18 heavy (non-hydrogen) atoms. The van der Waals surface area contributed by atoms with E-state index in [9.17, 15) is 0 Å². The highest BCUT2D eigenvalue weighted by Gasteiger charge is 2.30. The molecule has 1 aromatic rings. The van der Waals surface area contributed by atoms with E-state index in [2.05, 4.69) is 19.1 Å². The number of ether oxygens (including phenoxy) is 2. The van der Waals surface area contributed by atoms with Crippen molar-refractivity contribution in [2.75, 3.05) is 6.61 Å². The van der Waals surface area contributed by atoms with Crippen molar-refractivity contribution < 1.29 is 9.47 Å². The van der Waals surface area contributed by atoms with Gasteiger partial charge in [0.2, 0.25) is 0 Å². The molecule has 3 heteroatoms. The van der Waals surface area contributed by atoms with E-state index in [1.807, 2.05) is 12.1 Å². The second-order valence-electron chi connectivity index (χ2n) is 5.44. The molecule has 0 amide bonds. The highest BCUT2D eigenvalue weighted by molar-refractivity contribution is 5.30. The number of hydrogen-bond donors (Lipinski definition) is 1. The Labute approximate surface area is 108 Å². The zero-order valence-corrected chi connectivity index (χ0v) is 10.8. The van der Waals surface area contributed by atoms with Crippen LogP contribution < -0.4 is 10.5 Å². The Hall–Kier alpha value is -1.06. The molecule has 2 aliphatic rings. The predicted molar refractivity (Wildman–Crippen MR) is 70.5 cm³/mol. The lowest BCUT2D eigenvalue weighted by molar-refractivity contribution is 0.0995. The molecule has 3 nitrogen and oxygen atoms in total. The van der Waals surface area contributed by atoms with Gasteiger partial charge in [0.05, 0.1) is 12.2 Å². The fraction of sp³-hybridized carbons (Fsp3) is 0.600. The molecule has 1 saturated heterocycles. The molecule has 3 rings (SSSR count). The summed E-state index contributed by atoms with van der Waals surface area (Å²) in [6.07, 6.45) is 4.16. The minimum Gasteiger partial charge on any atom is -0.490 e. The third kappa shape index (κ3) is 2.52. The molecule has 1 heterocycles. The fourth-order valence-electron chi connectivity index (χ4n) is 2.61. The average molecular weight is 247 g/mol. The molecule has 3 atom stereocenters. The maximum Gasteiger partial charge on any atom is 0.119 e. The third-order valence-electron chi connectivity index (χ3n) is 3.99. The number of benzene rings is 1. The number of rotatable bonds is 4. The van der Waals surface area contributed by atoms with Gasteiger partial charge in [-0.15, -0.1) is 0 Å². The minimum absolute atomic E-state index is 0.0671. The largest absolute Gasteiger partial charge is 0.490 e. The molecule has 1 aliphatic carbocycles. The van der Waals surface area contributed by atoms with Crippen molar-refractivity contribution in [2.45, 2.75) is 44.4 Å². The number of nitrogens with two attached hydrogens (primary N) is 1. The van der Waals surface area contributed by atoms with Gasteiger partial charge >= 0.3 is 0 Å². The van der Waals surface area contributed by atoms with E-state index in [-0.39, 0.29) is 12.1 Å². The van der Waals surface area contributed by atoms with Crippen molar-refractivity contribution in [3.8, 4) is 5.75 Å². The van der Waals surface area contributed by atoms with Crippen LogP contribution in [0.1, 0.15) is 37.8 Å². The molecule has 3 unspecified atom stereocenters. The van der Waals surface area contributed by atoms with E-state index in [0.717, 1.165) is 18.8 Å². The van der Waals surface area contributed by atoms with Gasteiger partial charge < -0.3 is 15.2 Å². The van der Waals surface area contributed by atoms with E-state index >= 15 is 0 Å². The smallest absolute Gasteiger partial charge is 0.119 e. The van der Waals surface area contributed by atoms with Crippen LogP contribution in [0.3, 0.4) is 0 Å². The molecular weight excluding hydrogens is 226 g/mol. The second-order valence-corrected chi connectivity index (χ2v) is 5.44. The molecule has 0 radical (unpaired) electrons. The zero-order valence-electron chi connectivity index (χ0n) is 10.8. The van der Waals surface area contributed by atoms with Crippen LogP contribution in [-0.2, 0) is 4.74 Å². The van der Waals surface area contributed by atoms with E-state index < -0.39 is 0 Å². The van der Waals surface area contributed by atoms with Gasteiger partial charge in [-0.25, -0.2) is 0 Å². The van der Waals surface area contributed by atoms with Gasteiger partial charge in [-0.1, -0.05) is 12.1 Å². The van der Waals surface area contributed by atoms with E-state index in [0.29, 0.717) is 12.0 Å². The standard InChI is InChI=1S/C15H21NO2/c1-10-14(8-9-17-10)15(16)11-2-4-12(5-3-11)18-13-6-7-13/h2-5,10,13-15H,6-9,16H2,1H3. The molecule has 1 aromatic carbocycles. The summed E-state index contributed by atoms with van der Waals surface area (Å²) >= 11 is 0. The highest BCUT2D eigenvalue weighted by atomic mass is 16.5. The monoisotopic (exact) mass is 247 g/mol. The molecule has 98 valence electrons. The highest BCUT2D eigenvalue weighted by Crippen LogP contribution is 2.33. The van der Waals surface area contributed by atoms with Crippen molar-refractivity contribution in [3.63, 3.8) is 0 Å². The van der Waals surface area contributed by atoms with Gasteiger partial charge in [-0.3, -0.25) is 0 Å². The Bertz CT molecular complexity index is 399. The molecule has 0 bridgehead atoms. The topological polar surface area (TPSA) is 44.5 Å². The molecule has 1 aliphatic heterocycles. The van der Waals surface area contributed by atoms with Crippen LogP contribution in [0.15, 0.2) is 24.3 Å². The summed E-state index contributed by atoms with van der Waals surface area (Å²) in [5.74, 6) is 1.39. The van der Waals surface area contributed by atoms with Gasteiger partial charge in [0.25, 0.3) is 0 Å². The van der Waals surface area contributed by atoms with Gasteiger partial charge in [-0.05, 0) is 43.9 Å². The van der Waals surface area contributed by atoms with Crippen LogP contribution >= 0.6 is 0 Å². The first-order valence-electron chi connectivity index (χ1n) is 6.88. The summed E-state index contributed by atoms with van der Waals surface area (Å²) in [7, 11) is 0. The Morgan fingerprint density at radius 2 is 1.94 bits per heavy atom. The van der Waals surface area contributed by atoms with Crippen LogP contribution in [0.4, 0.5) is 0 Å². The minimum atomic E-state index is 0.0671. The van der Waals surface area contributed by atoms with Crippen LogP contribution in [-0.4, -0.2) is 18.8 Å². The van der Waals surface area contributed by atoms with E-state index in [4.69, 9.17) is 15.2 Å². The molecule has 2 fully saturated rings. The molecule has 1 saturated carbocycles. The number of hydrogen-bond acceptors (Lipinski definition) is 3. The van der Waals surface area contributed by atoms with Crippen LogP contribution in [0.25, 0.3) is 0 Å². The van der Waals surface area contributed by atoms with E-state index in [1.54, 1.807) is 0 Å². The van der Waals surface area contributed by atoms with Crippen LogP contribution in [0.2, 0.25) is 0 Å². The molecule has 0 aromatic heterocycles. The summed E-state index contributed by atoms with van der Waals surface area (Å²) in [4.78, 5) is 0. The first-order valence-corrected chi connectivity index (χ1v) is 6.88. The summed E-state index contributed by atoms with van der Waals surface area (Å²) in [5, 5.41) is 0. The maximum atomic E-state index is 6.33. The van der Waals surface area contributed by atoms with Crippen LogP contribution in [0.5, 0.6) is 5.75 Å². The van der Waals surface area contributed by atoms with Crippen molar-refractivity contribution in [3.05, 3.63) is 29.8 Å². The van der Waals surface area contributed by atoms with Crippen molar-refractivity contribution >= 4 is 0 Å². The van der Waals surface area contributed by atoms with Crippen molar-refractivity contribution in [1.82, 2.24) is 0 Å². The lowest BCUT2D eigenvalue weighted by Crippen LogP contribution is -2.26. The second kappa shape index (κ2) is 4.90. The van der Waals surface area contributed by atoms with Crippen molar-refractivity contribution in [2.24, 2.45) is 11.7 Å². The Kier molecular flexibility index (Phi) is 3.27. The quantitative estimate of drug-likeness (QED) is 0.889. The molecular formula is C15H21NO2. The predicted octanol–water partition coefficient (Wildman–Crippen LogP) is 2.65. The Balaban J connectivity index is 1.67. The summed E-state index contributed by atoms with van der Waals surface area (Å²) in [6, 6.07) is 8.32. The summed E-state index contributed by atoms with van der Waals surface area (Å²) < 4.78 is 11.3. The van der Waals surface area contributed by atoms with Gasteiger partial charge in [0.15, 0.2) is 0 Å². The third-order valence-corrected chi connectivity index (χ3v) is 3.99. The van der Waals surface area contributed by atoms with Crippen molar-refractivity contribution in [1.29, 1.82) is 0 Å². The lowest BCUT2D eigenvalue weighted by Gasteiger charge is -2.22.